The van der Waals surface area contributed by atoms with Gasteiger partial charge < -0.3 is 25.0 Å². The minimum atomic E-state index is -0.365. The van der Waals surface area contributed by atoms with Gasteiger partial charge in [-0.1, -0.05) is 6.07 Å². The minimum absolute atomic E-state index is 0.0470. The van der Waals surface area contributed by atoms with E-state index >= 15 is 0 Å². The molecule has 1 atom stereocenters. The van der Waals surface area contributed by atoms with Crippen LogP contribution < -0.4 is 15.4 Å². The highest BCUT2D eigenvalue weighted by molar-refractivity contribution is 5.80. The maximum Gasteiger partial charge on any atom is 0.191 e. The Morgan fingerprint density at radius 2 is 2.08 bits per heavy atom. The molecule has 1 fully saturated rings. The maximum absolute atomic E-state index is 13.9. The number of hydrogen-bond donors (Lipinski definition) is 2. The van der Waals surface area contributed by atoms with Crippen molar-refractivity contribution in [3.05, 3.63) is 29.6 Å². The number of benzene rings is 1. The summed E-state index contributed by atoms with van der Waals surface area (Å²) in [6.45, 7) is 4.29. The van der Waals surface area contributed by atoms with Crippen molar-refractivity contribution in [2.45, 2.75) is 31.3 Å². The van der Waals surface area contributed by atoms with Crippen LogP contribution in [0.3, 0.4) is 0 Å². The number of rotatable bonds is 6. The lowest BCUT2D eigenvalue weighted by molar-refractivity contribution is -0.00502. The summed E-state index contributed by atoms with van der Waals surface area (Å²) in [5.74, 6) is 0.577. The Bertz CT molecular complexity index is 616. The van der Waals surface area contributed by atoms with E-state index in [1.54, 1.807) is 13.1 Å². The van der Waals surface area contributed by atoms with E-state index in [2.05, 4.69) is 34.6 Å². The van der Waals surface area contributed by atoms with E-state index in [9.17, 15) is 4.39 Å². The first-order valence-corrected chi connectivity index (χ1v) is 8.97. The average Bonchev–Trinajstić information content (AvgIpc) is 2.65. The van der Waals surface area contributed by atoms with Gasteiger partial charge in [0, 0.05) is 32.3 Å². The van der Waals surface area contributed by atoms with Crippen LogP contribution in [-0.2, 0) is 4.74 Å². The molecule has 1 aromatic carbocycles. The first-order chi connectivity index (χ1) is 12.4. The number of hydrogen-bond acceptors (Lipinski definition) is 4. The summed E-state index contributed by atoms with van der Waals surface area (Å²) >= 11 is 0. The van der Waals surface area contributed by atoms with E-state index in [-0.39, 0.29) is 23.1 Å². The number of ether oxygens (including phenoxy) is 2. The van der Waals surface area contributed by atoms with Crippen LogP contribution in [0, 0.1) is 5.82 Å². The SMILES string of the molecule is CN=C(NCC1(N(C)C)CCOCC1)NC(C)c1ccc(OC)c(F)c1. The second-order valence-electron chi connectivity index (χ2n) is 6.92. The molecule has 0 aliphatic carbocycles. The molecule has 6 nitrogen and oxygen atoms in total. The monoisotopic (exact) mass is 366 g/mol. The van der Waals surface area contributed by atoms with E-state index in [4.69, 9.17) is 9.47 Å². The maximum atomic E-state index is 13.9. The van der Waals surface area contributed by atoms with Gasteiger partial charge in [-0.2, -0.15) is 0 Å². The average molecular weight is 366 g/mol. The molecule has 1 heterocycles. The molecule has 0 radical (unpaired) electrons. The number of halogens is 1. The van der Waals surface area contributed by atoms with Crippen molar-refractivity contribution in [2.24, 2.45) is 4.99 Å². The molecular formula is C19H31FN4O2. The van der Waals surface area contributed by atoms with Gasteiger partial charge in [0.25, 0.3) is 0 Å². The second-order valence-corrected chi connectivity index (χ2v) is 6.92. The lowest BCUT2D eigenvalue weighted by atomic mass is 9.88. The Balaban J connectivity index is 1.99. The number of nitrogens with zero attached hydrogens (tertiary/aromatic N) is 2. The summed E-state index contributed by atoms with van der Waals surface area (Å²) in [6.07, 6.45) is 1.95. The van der Waals surface area contributed by atoms with Crippen LogP contribution >= 0.6 is 0 Å². The van der Waals surface area contributed by atoms with Gasteiger partial charge in [-0.05, 0) is 51.6 Å². The van der Waals surface area contributed by atoms with Crippen molar-refractivity contribution in [1.29, 1.82) is 0 Å². The van der Waals surface area contributed by atoms with Crippen molar-refractivity contribution in [2.75, 3.05) is 48.0 Å². The van der Waals surface area contributed by atoms with Gasteiger partial charge >= 0.3 is 0 Å². The lowest BCUT2D eigenvalue weighted by Crippen LogP contribution is -2.57. The fraction of sp³-hybridized carbons (Fsp3) is 0.632. The molecule has 1 aliphatic rings. The van der Waals surface area contributed by atoms with Crippen LogP contribution in [0.15, 0.2) is 23.2 Å². The molecule has 0 spiro atoms. The van der Waals surface area contributed by atoms with Gasteiger partial charge in [-0.3, -0.25) is 4.99 Å². The Morgan fingerprint density at radius 3 is 2.62 bits per heavy atom. The number of nitrogens with one attached hydrogen (secondary N) is 2. The van der Waals surface area contributed by atoms with Gasteiger partial charge in [0.2, 0.25) is 0 Å². The van der Waals surface area contributed by atoms with Gasteiger partial charge in [0.15, 0.2) is 17.5 Å². The topological polar surface area (TPSA) is 58.1 Å². The summed E-state index contributed by atoms with van der Waals surface area (Å²) in [5.41, 5.74) is 0.880. The summed E-state index contributed by atoms with van der Waals surface area (Å²) in [4.78, 5) is 6.57. The van der Waals surface area contributed by atoms with Crippen LogP contribution in [0.25, 0.3) is 0 Å². The summed E-state index contributed by atoms with van der Waals surface area (Å²) in [7, 11) is 7.41. The third-order valence-corrected chi connectivity index (χ3v) is 5.21. The standard InChI is InChI=1S/C19H31FN4O2/c1-14(15-6-7-17(25-5)16(20)12-15)23-18(21-2)22-13-19(24(3)4)8-10-26-11-9-19/h6-7,12,14H,8-11,13H2,1-5H3,(H2,21,22,23). The quantitative estimate of drug-likeness (QED) is 0.597. The third-order valence-electron chi connectivity index (χ3n) is 5.21. The van der Waals surface area contributed by atoms with E-state index in [1.165, 1.54) is 13.2 Å². The normalized spacial score (nSPS) is 18.5. The fourth-order valence-electron chi connectivity index (χ4n) is 3.22. The van der Waals surface area contributed by atoms with Crippen molar-refractivity contribution < 1.29 is 13.9 Å². The number of likely N-dealkylation sites (N-methyl/N-ethyl adjacent to an activating group) is 1. The fourth-order valence-corrected chi connectivity index (χ4v) is 3.22. The third kappa shape index (κ3) is 4.86. The first kappa shape index (κ1) is 20.5. The van der Waals surface area contributed by atoms with Gasteiger partial charge in [0.05, 0.1) is 13.2 Å². The largest absolute Gasteiger partial charge is 0.494 e. The number of methoxy groups -OCH3 is 1. The van der Waals surface area contributed by atoms with Crippen molar-refractivity contribution in [3.8, 4) is 5.75 Å². The number of guanidine groups is 1. The molecule has 1 aliphatic heterocycles. The van der Waals surface area contributed by atoms with E-state index in [0.717, 1.165) is 38.2 Å². The lowest BCUT2D eigenvalue weighted by Gasteiger charge is -2.43. The predicted molar refractivity (Wildman–Crippen MR) is 102 cm³/mol. The van der Waals surface area contributed by atoms with Crippen LogP contribution in [0.5, 0.6) is 5.75 Å². The van der Waals surface area contributed by atoms with Crippen molar-refractivity contribution in [1.82, 2.24) is 15.5 Å². The highest BCUT2D eigenvalue weighted by Gasteiger charge is 2.34. The van der Waals surface area contributed by atoms with Crippen LogP contribution in [-0.4, -0.2) is 64.4 Å². The van der Waals surface area contributed by atoms with Gasteiger partial charge in [-0.15, -0.1) is 0 Å². The molecule has 0 bridgehead atoms. The Labute approximate surface area is 155 Å². The molecule has 1 saturated heterocycles. The Hall–Kier alpha value is -1.86. The molecule has 2 N–H and O–H groups in total. The second kappa shape index (κ2) is 9.19. The molecule has 0 aromatic heterocycles. The predicted octanol–water partition coefficient (Wildman–Crippen LogP) is 2.17. The minimum Gasteiger partial charge on any atom is -0.494 e. The molecule has 0 amide bonds. The molecule has 26 heavy (non-hydrogen) atoms. The van der Waals surface area contributed by atoms with Crippen LogP contribution in [0.2, 0.25) is 0 Å². The van der Waals surface area contributed by atoms with Crippen molar-refractivity contribution >= 4 is 5.96 Å². The highest BCUT2D eigenvalue weighted by atomic mass is 19.1. The summed E-state index contributed by atoms with van der Waals surface area (Å²) in [5, 5.41) is 6.75. The Morgan fingerprint density at radius 1 is 1.38 bits per heavy atom. The van der Waals surface area contributed by atoms with Gasteiger partial charge in [-0.25, -0.2) is 4.39 Å². The van der Waals surface area contributed by atoms with Gasteiger partial charge in [0.1, 0.15) is 0 Å². The van der Waals surface area contributed by atoms with Crippen LogP contribution in [0.1, 0.15) is 31.4 Å². The first-order valence-electron chi connectivity index (χ1n) is 8.97. The highest BCUT2D eigenvalue weighted by Crippen LogP contribution is 2.25. The van der Waals surface area contributed by atoms with E-state index < -0.39 is 0 Å². The molecule has 1 unspecified atom stereocenters. The van der Waals surface area contributed by atoms with Crippen molar-refractivity contribution in [3.63, 3.8) is 0 Å². The molecule has 1 aromatic rings. The smallest absolute Gasteiger partial charge is 0.191 e. The molecule has 7 heteroatoms. The zero-order chi connectivity index (χ0) is 19.2. The van der Waals surface area contributed by atoms with Crippen LogP contribution in [0.4, 0.5) is 4.39 Å². The molecule has 2 rings (SSSR count). The summed E-state index contributed by atoms with van der Waals surface area (Å²) in [6, 6.07) is 4.89. The Kier molecular flexibility index (Phi) is 7.23. The molecule has 146 valence electrons. The molecular weight excluding hydrogens is 335 g/mol. The zero-order valence-corrected chi connectivity index (χ0v) is 16.4. The summed E-state index contributed by atoms with van der Waals surface area (Å²) < 4.78 is 24.4. The van der Waals surface area contributed by atoms with E-state index in [1.807, 2.05) is 13.0 Å². The van der Waals surface area contributed by atoms with E-state index in [0.29, 0.717) is 5.96 Å². The molecule has 0 saturated carbocycles. The number of aliphatic imine (C=N–C) groups is 1. The zero-order valence-electron chi connectivity index (χ0n) is 16.4.